The zero-order valence-corrected chi connectivity index (χ0v) is 25.5. The van der Waals surface area contributed by atoms with Crippen LogP contribution in [0.2, 0.25) is 19.6 Å². The van der Waals surface area contributed by atoms with Crippen LogP contribution in [0.1, 0.15) is 72.3 Å². The highest BCUT2D eigenvalue weighted by Crippen LogP contribution is 2.71. The quantitative estimate of drug-likeness (QED) is 0.333. The maximum absolute atomic E-state index is 14.3. The molecule has 6 nitrogen and oxygen atoms in total. The Morgan fingerprint density at radius 2 is 1.78 bits per heavy atom. The summed E-state index contributed by atoms with van der Waals surface area (Å²) >= 11 is 0. The molecule has 1 N–H and O–H groups in total. The largest absolute Gasteiger partial charge is 0.445 e. The Morgan fingerprint density at radius 1 is 1.16 bits per heavy atom. The first-order valence-corrected chi connectivity index (χ1v) is 17.4. The van der Waals surface area contributed by atoms with Crippen molar-refractivity contribution in [1.29, 1.82) is 0 Å². The van der Waals surface area contributed by atoms with Crippen LogP contribution in [0.3, 0.4) is 0 Å². The highest BCUT2D eigenvalue weighted by Gasteiger charge is 2.72. The van der Waals surface area contributed by atoms with Crippen molar-refractivity contribution in [2.75, 3.05) is 7.05 Å². The number of benzene rings is 1. The molecule has 7 heteroatoms. The lowest BCUT2D eigenvalue weighted by Gasteiger charge is -2.50. The van der Waals surface area contributed by atoms with Gasteiger partial charge in [-0.1, -0.05) is 71.4 Å². The summed E-state index contributed by atoms with van der Waals surface area (Å²) in [5, 5.41) is 11.5. The van der Waals surface area contributed by atoms with E-state index in [0.717, 1.165) is 31.2 Å². The molecule has 1 aromatic rings. The molecule has 0 radical (unpaired) electrons. The number of fused-ring (bicyclic) bond motifs is 2. The SMILES string of the molecule is CC[C@H](C)[C@@H]([C@H](O)CC(=O)[C@@]1(O[Si](C)(C)C)C[C@H]2CC[C@]1(C)C2(C)C)N(C)C(=O)OCc1ccccc1. The molecular formula is C30H49NO5Si. The fourth-order valence-corrected chi connectivity index (χ4v) is 8.55. The van der Waals surface area contributed by atoms with Crippen LogP contribution in [0.5, 0.6) is 0 Å². The lowest BCUT2D eigenvalue weighted by atomic mass is 9.62. The number of hydrogen-bond donors (Lipinski definition) is 1. The Morgan fingerprint density at radius 3 is 2.27 bits per heavy atom. The summed E-state index contributed by atoms with van der Waals surface area (Å²) in [6.07, 6.45) is 2.00. The number of Topliss-reactive ketones (excluding diaryl/α,β-unsaturated/α-hetero) is 1. The summed E-state index contributed by atoms with van der Waals surface area (Å²) in [6, 6.07) is 8.99. The lowest BCUT2D eigenvalue weighted by molar-refractivity contribution is -0.154. The monoisotopic (exact) mass is 531 g/mol. The van der Waals surface area contributed by atoms with Crippen LogP contribution in [-0.2, 0) is 20.6 Å². The summed E-state index contributed by atoms with van der Waals surface area (Å²) < 4.78 is 12.4. The van der Waals surface area contributed by atoms with E-state index in [1.54, 1.807) is 7.05 Å². The van der Waals surface area contributed by atoms with Crippen LogP contribution in [0.4, 0.5) is 4.79 Å². The fourth-order valence-electron chi connectivity index (χ4n) is 7.08. The molecule has 2 saturated carbocycles. The Balaban J connectivity index is 1.82. The number of carbonyl (C=O) groups is 2. The van der Waals surface area contributed by atoms with Crippen LogP contribution in [-0.4, -0.2) is 55.0 Å². The van der Waals surface area contributed by atoms with E-state index in [9.17, 15) is 14.7 Å². The number of likely N-dealkylation sites (N-methyl/N-ethyl adjacent to an activating group) is 1. The number of rotatable bonds is 11. The molecule has 3 rings (SSSR count). The lowest BCUT2D eigenvalue weighted by Crippen LogP contribution is -2.60. The number of ketones is 1. The van der Waals surface area contributed by atoms with E-state index in [0.29, 0.717) is 5.92 Å². The van der Waals surface area contributed by atoms with Crippen molar-refractivity contribution >= 4 is 20.2 Å². The highest BCUT2D eigenvalue weighted by atomic mass is 28.4. The normalized spacial score (nSPS) is 29.0. The molecule has 2 bridgehead atoms. The number of aliphatic hydroxyl groups is 1. The van der Waals surface area contributed by atoms with E-state index >= 15 is 0 Å². The van der Waals surface area contributed by atoms with Gasteiger partial charge in [-0.2, -0.15) is 0 Å². The second-order valence-corrected chi connectivity index (χ2v) is 17.7. The maximum atomic E-state index is 14.3. The zero-order chi connectivity index (χ0) is 27.8. The average molecular weight is 532 g/mol. The molecule has 0 saturated heterocycles. The molecule has 0 heterocycles. The third-order valence-corrected chi connectivity index (χ3v) is 10.7. The summed E-state index contributed by atoms with van der Waals surface area (Å²) in [5.74, 6) is 0.397. The number of aliphatic hydroxyl groups excluding tert-OH is 1. The van der Waals surface area contributed by atoms with Crippen molar-refractivity contribution in [3.8, 4) is 0 Å². The van der Waals surface area contributed by atoms with Gasteiger partial charge >= 0.3 is 6.09 Å². The van der Waals surface area contributed by atoms with Crippen molar-refractivity contribution < 1.29 is 23.9 Å². The second-order valence-electron chi connectivity index (χ2n) is 13.3. The van der Waals surface area contributed by atoms with E-state index in [1.165, 1.54) is 4.90 Å². The van der Waals surface area contributed by atoms with Gasteiger partial charge in [0.05, 0.1) is 12.1 Å². The second kappa shape index (κ2) is 10.8. The highest BCUT2D eigenvalue weighted by molar-refractivity contribution is 6.70. The van der Waals surface area contributed by atoms with Gasteiger partial charge in [0.2, 0.25) is 0 Å². The molecular weight excluding hydrogens is 482 g/mol. The minimum atomic E-state index is -2.08. The molecule has 0 unspecified atom stereocenters. The Hall–Kier alpha value is -1.70. The predicted molar refractivity (Wildman–Crippen MR) is 150 cm³/mol. The first-order valence-electron chi connectivity index (χ1n) is 13.9. The number of ether oxygens (including phenoxy) is 1. The third-order valence-electron chi connectivity index (χ3n) is 9.75. The summed E-state index contributed by atoms with van der Waals surface area (Å²) in [7, 11) is -0.420. The van der Waals surface area contributed by atoms with E-state index in [-0.39, 0.29) is 35.6 Å². The van der Waals surface area contributed by atoms with Gasteiger partial charge in [-0.15, -0.1) is 0 Å². The maximum Gasteiger partial charge on any atom is 0.410 e. The fraction of sp³-hybridized carbons (Fsp3) is 0.733. The van der Waals surface area contributed by atoms with Gasteiger partial charge in [0, 0.05) is 18.9 Å². The standard InChI is InChI=1S/C30H49NO5Si/c1-10-21(2)26(31(6)27(34)35-20-22-14-12-11-13-15-22)24(32)18-25(33)30(36-37(7,8)9)19-23-16-17-29(30,5)28(23,3)4/h11-15,21,23-24,26,32H,10,16-20H2,1-9H3/t21-,23+,24+,26-,29+,30-/m0/s1. The first kappa shape index (κ1) is 29.8. The third kappa shape index (κ3) is 5.55. The first-order chi connectivity index (χ1) is 17.1. The molecule has 37 heavy (non-hydrogen) atoms. The van der Waals surface area contributed by atoms with Gasteiger partial charge in [0.25, 0.3) is 0 Å². The van der Waals surface area contributed by atoms with E-state index in [1.807, 2.05) is 44.2 Å². The van der Waals surface area contributed by atoms with Gasteiger partial charge in [0.1, 0.15) is 12.2 Å². The van der Waals surface area contributed by atoms with Crippen LogP contribution in [0.15, 0.2) is 30.3 Å². The van der Waals surface area contributed by atoms with Crippen molar-refractivity contribution in [1.82, 2.24) is 4.90 Å². The Labute approximate surface area is 225 Å². The minimum absolute atomic E-state index is 0.0125. The Bertz CT molecular complexity index is 960. The number of nitrogens with zero attached hydrogens (tertiary/aromatic N) is 1. The van der Waals surface area contributed by atoms with Crippen molar-refractivity contribution in [2.24, 2.45) is 22.7 Å². The zero-order valence-electron chi connectivity index (χ0n) is 24.5. The van der Waals surface area contributed by atoms with E-state index in [4.69, 9.17) is 9.16 Å². The molecule has 2 fully saturated rings. The molecule has 1 amide bonds. The Kier molecular flexibility index (Phi) is 8.72. The molecule has 0 spiro atoms. The van der Waals surface area contributed by atoms with Crippen molar-refractivity contribution in [3.63, 3.8) is 0 Å². The summed E-state index contributed by atoms with van der Waals surface area (Å²) in [5.41, 5.74) is -0.287. The molecule has 0 aliphatic heterocycles. The summed E-state index contributed by atoms with van der Waals surface area (Å²) in [6.45, 7) is 17.4. The molecule has 1 aromatic carbocycles. The molecule has 2 aliphatic carbocycles. The van der Waals surface area contributed by atoms with Crippen molar-refractivity contribution in [3.05, 3.63) is 35.9 Å². The van der Waals surface area contributed by atoms with Gasteiger partial charge in [-0.05, 0) is 61.7 Å². The van der Waals surface area contributed by atoms with Crippen LogP contribution >= 0.6 is 0 Å². The number of carbonyl (C=O) groups excluding carboxylic acids is 2. The summed E-state index contributed by atoms with van der Waals surface area (Å²) in [4.78, 5) is 28.7. The molecule has 208 valence electrons. The van der Waals surface area contributed by atoms with E-state index in [2.05, 4.69) is 40.4 Å². The van der Waals surface area contributed by atoms with Gasteiger partial charge in [-0.25, -0.2) is 4.79 Å². The molecule has 6 atom stereocenters. The molecule has 2 aliphatic rings. The number of amides is 1. The average Bonchev–Trinajstić information content (AvgIpc) is 3.14. The topological polar surface area (TPSA) is 76.1 Å². The minimum Gasteiger partial charge on any atom is -0.445 e. The van der Waals surface area contributed by atoms with Gasteiger partial charge in [-0.3, -0.25) is 4.79 Å². The predicted octanol–water partition coefficient (Wildman–Crippen LogP) is 6.43. The van der Waals surface area contributed by atoms with Crippen molar-refractivity contribution in [2.45, 2.75) is 111 Å². The van der Waals surface area contributed by atoms with Gasteiger partial charge in [0.15, 0.2) is 14.1 Å². The smallest absolute Gasteiger partial charge is 0.410 e. The van der Waals surface area contributed by atoms with Crippen LogP contribution in [0, 0.1) is 22.7 Å². The van der Waals surface area contributed by atoms with E-state index < -0.39 is 32.2 Å². The van der Waals surface area contributed by atoms with Crippen LogP contribution in [0.25, 0.3) is 0 Å². The number of hydrogen-bond acceptors (Lipinski definition) is 5. The van der Waals surface area contributed by atoms with Gasteiger partial charge < -0.3 is 19.2 Å². The molecule has 0 aromatic heterocycles. The van der Waals surface area contributed by atoms with Crippen LogP contribution < -0.4 is 0 Å².